The Labute approximate surface area is 176 Å². The molecule has 1 atom stereocenters. The zero-order valence-corrected chi connectivity index (χ0v) is 18.3. The normalized spacial score (nSPS) is 16.7. The van der Waals surface area contributed by atoms with Crippen LogP contribution in [-0.4, -0.2) is 23.1 Å². The van der Waals surface area contributed by atoms with Gasteiger partial charge in [0.1, 0.15) is 11.4 Å². The highest BCUT2D eigenvalue weighted by Gasteiger charge is 2.25. The summed E-state index contributed by atoms with van der Waals surface area (Å²) in [6.45, 7) is 4.61. The molecule has 1 aliphatic rings. The molecule has 0 saturated carbocycles. The molecule has 0 aliphatic carbocycles. The monoisotopic (exact) mass is 440 g/mol. The SMILES string of the molecule is CCn1c(SCc2c(Cl)cccc2Cl)nc2sc3c(c2c1=O)CC[NH+](C)C3. The lowest BCUT2D eigenvalue weighted by atomic mass is 10.1. The van der Waals surface area contributed by atoms with E-state index in [9.17, 15) is 4.79 Å². The minimum Gasteiger partial charge on any atom is -0.333 e. The molecule has 142 valence electrons. The van der Waals surface area contributed by atoms with E-state index in [-0.39, 0.29) is 5.56 Å². The smallest absolute Gasteiger partial charge is 0.263 e. The van der Waals surface area contributed by atoms with E-state index < -0.39 is 0 Å². The van der Waals surface area contributed by atoms with Crippen molar-refractivity contribution in [1.29, 1.82) is 0 Å². The molecule has 4 rings (SSSR count). The van der Waals surface area contributed by atoms with Gasteiger partial charge < -0.3 is 4.90 Å². The van der Waals surface area contributed by atoms with E-state index in [4.69, 9.17) is 28.2 Å². The Kier molecular flexibility index (Phi) is 5.54. The first-order valence-corrected chi connectivity index (χ1v) is 11.5. The maximum Gasteiger partial charge on any atom is 0.263 e. The molecule has 27 heavy (non-hydrogen) atoms. The first-order valence-electron chi connectivity index (χ1n) is 8.91. The van der Waals surface area contributed by atoms with Gasteiger partial charge in [0.05, 0.1) is 23.9 Å². The number of fused-ring (bicyclic) bond motifs is 3. The van der Waals surface area contributed by atoms with Crippen LogP contribution in [0.3, 0.4) is 0 Å². The molecular weight excluding hydrogens is 421 g/mol. The molecule has 0 amide bonds. The molecule has 1 aromatic carbocycles. The summed E-state index contributed by atoms with van der Waals surface area (Å²) in [7, 11) is 2.19. The predicted octanol–water partition coefficient (Wildman–Crippen LogP) is 3.65. The quantitative estimate of drug-likeness (QED) is 0.496. The van der Waals surface area contributed by atoms with Crippen LogP contribution in [0.1, 0.15) is 22.9 Å². The van der Waals surface area contributed by atoms with Gasteiger partial charge in [0.2, 0.25) is 0 Å². The molecule has 0 spiro atoms. The second-order valence-electron chi connectivity index (χ2n) is 6.75. The van der Waals surface area contributed by atoms with Crippen molar-refractivity contribution in [3.63, 3.8) is 0 Å². The van der Waals surface area contributed by atoms with Gasteiger partial charge in [0.25, 0.3) is 5.56 Å². The summed E-state index contributed by atoms with van der Waals surface area (Å²) in [5, 5.41) is 2.83. The van der Waals surface area contributed by atoms with Crippen LogP contribution >= 0.6 is 46.3 Å². The van der Waals surface area contributed by atoms with Gasteiger partial charge in [-0.2, -0.15) is 0 Å². The highest BCUT2D eigenvalue weighted by molar-refractivity contribution is 7.98. The Morgan fingerprint density at radius 3 is 2.78 bits per heavy atom. The van der Waals surface area contributed by atoms with Crippen LogP contribution in [-0.2, 0) is 25.3 Å². The number of likely N-dealkylation sites (N-methyl/N-ethyl adjacent to an activating group) is 1. The zero-order valence-electron chi connectivity index (χ0n) is 15.1. The van der Waals surface area contributed by atoms with Gasteiger partial charge in [-0.05, 0) is 30.2 Å². The fraction of sp³-hybridized carbons (Fsp3) is 0.368. The molecular formula is C19H20Cl2N3OS2+. The Morgan fingerprint density at radius 2 is 2.07 bits per heavy atom. The van der Waals surface area contributed by atoms with Crippen LogP contribution in [0.2, 0.25) is 10.0 Å². The van der Waals surface area contributed by atoms with Crippen LogP contribution in [0, 0.1) is 0 Å². The lowest BCUT2D eigenvalue weighted by Crippen LogP contribution is -3.08. The van der Waals surface area contributed by atoms with Gasteiger partial charge in [-0.1, -0.05) is 41.0 Å². The third kappa shape index (κ3) is 3.54. The van der Waals surface area contributed by atoms with E-state index in [1.807, 2.05) is 25.1 Å². The molecule has 1 N–H and O–H groups in total. The number of rotatable bonds is 4. The second-order valence-corrected chi connectivity index (χ2v) is 9.59. The van der Waals surface area contributed by atoms with Crippen LogP contribution in [0.15, 0.2) is 28.2 Å². The Hall–Kier alpha value is -1.05. The van der Waals surface area contributed by atoms with Crippen LogP contribution in [0.4, 0.5) is 0 Å². The number of thioether (sulfide) groups is 1. The van der Waals surface area contributed by atoms with Crippen molar-refractivity contribution < 1.29 is 4.90 Å². The lowest BCUT2D eigenvalue weighted by Gasteiger charge is -2.19. The Balaban J connectivity index is 1.76. The molecule has 0 radical (unpaired) electrons. The van der Waals surface area contributed by atoms with Gasteiger partial charge in [0.15, 0.2) is 5.16 Å². The lowest BCUT2D eigenvalue weighted by molar-refractivity contribution is -0.895. The topological polar surface area (TPSA) is 39.3 Å². The number of nitrogens with one attached hydrogen (secondary N) is 1. The van der Waals surface area contributed by atoms with Crippen molar-refractivity contribution in [3.8, 4) is 0 Å². The average Bonchev–Trinajstić information content (AvgIpc) is 2.98. The number of nitrogens with zero attached hydrogens (tertiary/aromatic N) is 2. The van der Waals surface area contributed by atoms with E-state index in [1.54, 1.807) is 15.9 Å². The molecule has 2 aromatic heterocycles. The molecule has 0 bridgehead atoms. The number of halogens is 2. The molecule has 1 aliphatic heterocycles. The summed E-state index contributed by atoms with van der Waals surface area (Å²) in [5.41, 5.74) is 2.16. The molecule has 4 nitrogen and oxygen atoms in total. The average molecular weight is 441 g/mol. The van der Waals surface area contributed by atoms with E-state index in [1.165, 1.54) is 27.1 Å². The summed E-state index contributed by atoms with van der Waals surface area (Å²) >= 11 is 15.8. The van der Waals surface area contributed by atoms with Gasteiger partial charge in [0, 0.05) is 28.8 Å². The van der Waals surface area contributed by atoms with E-state index in [2.05, 4.69) is 7.05 Å². The van der Waals surface area contributed by atoms with Crippen molar-refractivity contribution in [1.82, 2.24) is 9.55 Å². The summed E-state index contributed by atoms with van der Waals surface area (Å²) in [4.78, 5) is 21.7. The predicted molar refractivity (Wildman–Crippen MR) is 115 cm³/mol. The largest absolute Gasteiger partial charge is 0.333 e. The van der Waals surface area contributed by atoms with Crippen LogP contribution in [0.5, 0.6) is 0 Å². The van der Waals surface area contributed by atoms with Gasteiger partial charge in [-0.3, -0.25) is 9.36 Å². The van der Waals surface area contributed by atoms with Gasteiger partial charge >= 0.3 is 0 Å². The van der Waals surface area contributed by atoms with E-state index in [0.717, 1.165) is 40.4 Å². The van der Waals surface area contributed by atoms with Crippen LogP contribution < -0.4 is 10.5 Å². The van der Waals surface area contributed by atoms with Crippen molar-refractivity contribution in [3.05, 3.63) is 54.6 Å². The van der Waals surface area contributed by atoms with Gasteiger partial charge in [-0.25, -0.2) is 4.98 Å². The number of hydrogen-bond donors (Lipinski definition) is 1. The third-order valence-electron chi connectivity index (χ3n) is 4.95. The molecule has 3 heterocycles. The van der Waals surface area contributed by atoms with Crippen LogP contribution in [0.25, 0.3) is 10.2 Å². The summed E-state index contributed by atoms with van der Waals surface area (Å²) < 4.78 is 1.77. The number of benzene rings is 1. The first-order chi connectivity index (χ1) is 13.0. The molecule has 1 unspecified atom stereocenters. The Morgan fingerprint density at radius 1 is 1.33 bits per heavy atom. The van der Waals surface area contributed by atoms with E-state index in [0.29, 0.717) is 22.3 Å². The van der Waals surface area contributed by atoms with Crippen molar-refractivity contribution in [2.75, 3.05) is 13.6 Å². The second kappa shape index (κ2) is 7.76. The molecule has 8 heteroatoms. The minimum absolute atomic E-state index is 0.0762. The number of thiophene rings is 1. The summed E-state index contributed by atoms with van der Waals surface area (Å²) in [5.74, 6) is 0.578. The Bertz CT molecular complexity index is 1060. The minimum atomic E-state index is 0.0762. The molecule has 3 aromatic rings. The number of hydrogen-bond acceptors (Lipinski definition) is 4. The fourth-order valence-corrected chi connectivity index (χ4v) is 6.65. The van der Waals surface area contributed by atoms with Gasteiger partial charge in [-0.15, -0.1) is 11.3 Å². The number of aromatic nitrogens is 2. The van der Waals surface area contributed by atoms with Crippen molar-refractivity contribution in [2.45, 2.75) is 37.3 Å². The number of quaternary nitrogens is 1. The van der Waals surface area contributed by atoms with Crippen molar-refractivity contribution >= 4 is 56.5 Å². The zero-order chi connectivity index (χ0) is 19.1. The molecule has 0 fully saturated rings. The maximum absolute atomic E-state index is 13.2. The standard InChI is InChI=1S/C19H19Cl2N3OS2/c1-3-24-18(25)16-11-7-8-23(2)9-15(11)27-17(16)22-19(24)26-10-12-13(20)5-4-6-14(12)21/h4-6H,3,7-10H2,1-2H3/p+1. The van der Waals surface area contributed by atoms with Crippen molar-refractivity contribution in [2.24, 2.45) is 0 Å². The van der Waals surface area contributed by atoms with E-state index >= 15 is 0 Å². The maximum atomic E-state index is 13.2. The first kappa shape index (κ1) is 19.3. The fourth-order valence-electron chi connectivity index (χ4n) is 3.47. The highest BCUT2D eigenvalue weighted by Crippen LogP contribution is 2.33. The summed E-state index contributed by atoms with van der Waals surface area (Å²) in [6.07, 6.45) is 0.948. The summed E-state index contributed by atoms with van der Waals surface area (Å²) in [6, 6.07) is 5.50. The highest BCUT2D eigenvalue weighted by atomic mass is 35.5. The third-order valence-corrected chi connectivity index (χ3v) is 7.78. The molecule has 0 saturated heterocycles.